The molecule has 0 heterocycles. The minimum atomic E-state index is -2.62. The summed E-state index contributed by atoms with van der Waals surface area (Å²) in [6.07, 6.45) is 23.0. The molecule has 0 bridgehead atoms. The van der Waals surface area contributed by atoms with Gasteiger partial charge in [0, 0.05) is 12.8 Å². The summed E-state index contributed by atoms with van der Waals surface area (Å²) >= 11 is 0. The third-order valence-electron chi connectivity index (χ3n) is 4.99. The molecule has 0 aromatic rings. The minimum absolute atomic E-state index is 0.343. The highest BCUT2D eigenvalue weighted by atomic mass is 31.2. The molecule has 0 aliphatic heterocycles. The first-order chi connectivity index (χ1) is 15.3. The van der Waals surface area contributed by atoms with Gasteiger partial charge in [-0.2, -0.15) is 0 Å². The molecule has 8 heteroatoms. The zero-order valence-corrected chi connectivity index (χ0v) is 21.5. The van der Waals surface area contributed by atoms with E-state index < -0.39 is 20.5 Å². The van der Waals surface area contributed by atoms with Crippen LogP contribution in [0.3, 0.4) is 0 Å². The molecule has 7 nitrogen and oxygen atoms in total. The van der Waals surface area contributed by atoms with E-state index in [2.05, 4.69) is 13.8 Å². The maximum absolute atomic E-state index is 10.2. The number of hydrogen-bond acceptors (Lipinski definition) is 5. The lowest BCUT2D eigenvalue weighted by Gasteiger charge is -2.00. The van der Waals surface area contributed by atoms with Gasteiger partial charge in [0.15, 0.2) is 0 Å². The monoisotopic (exact) mass is 482 g/mol. The highest BCUT2D eigenvalue weighted by molar-refractivity contribution is 7.38. The van der Waals surface area contributed by atoms with Crippen LogP contribution < -0.4 is 0 Å². The first kappa shape index (κ1) is 35.8. The second-order valence-electron chi connectivity index (χ2n) is 8.21. The Kier molecular flexibility index (Phi) is 36.3. The molecule has 0 aliphatic rings. The lowest BCUT2D eigenvalue weighted by molar-refractivity contribution is -0.138. The Hall–Kier alpha value is -0.750. The van der Waals surface area contributed by atoms with E-state index in [0.29, 0.717) is 12.8 Å². The van der Waals surface area contributed by atoms with Crippen LogP contribution in [0.25, 0.3) is 0 Å². The zero-order valence-electron chi connectivity index (χ0n) is 20.6. The van der Waals surface area contributed by atoms with Crippen LogP contribution in [-0.4, -0.2) is 36.8 Å². The van der Waals surface area contributed by atoms with Crippen LogP contribution in [0.1, 0.15) is 142 Å². The number of hydrogen-bond donors (Lipinski definition) is 5. The number of carboxylic acids is 2. The normalized spacial score (nSPS) is 10.2. The summed E-state index contributed by atoms with van der Waals surface area (Å²) in [7, 11) is -2.62. The molecule has 0 radical (unpaired) electrons. The molecule has 0 unspecified atom stereocenters. The summed E-state index contributed by atoms with van der Waals surface area (Å²) in [5, 5.41) is 16.8. The van der Waals surface area contributed by atoms with Gasteiger partial charge in [0.2, 0.25) is 0 Å². The maximum Gasteiger partial charge on any atom is 0.324 e. The molecule has 0 aliphatic carbocycles. The van der Waals surface area contributed by atoms with E-state index in [9.17, 15) is 9.59 Å². The number of aliphatic carboxylic acids is 2. The van der Waals surface area contributed by atoms with Gasteiger partial charge in [0.25, 0.3) is 0 Å². The van der Waals surface area contributed by atoms with Crippen LogP contribution in [0.15, 0.2) is 0 Å². The summed E-state index contributed by atoms with van der Waals surface area (Å²) in [6, 6.07) is 0. The highest BCUT2D eigenvalue weighted by Gasteiger charge is 1.97. The van der Waals surface area contributed by atoms with Crippen molar-refractivity contribution in [1.82, 2.24) is 0 Å². The summed E-state index contributed by atoms with van der Waals surface area (Å²) < 4.78 is 0. The number of unbranched alkanes of at least 4 members (excludes halogenated alkanes) is 16. The van der Waals surface area contributed by atoms with E-state index in [1.165, 1.54) is 89.9 Å². The molecular weight excluding hydrogens is 431 g/mol. The van der Waals surface area contributed by atoms with Crippen molar-refractivity contribution in [3.8, 4) is 0 Å². The van der Waals surface area contributed by atoms with Crippen molar-refractivity contribution in [3.05, 3.63) is 0 Å². The first-order valence-corrected chi connectivity index (χ1v) is 13.8. The van der Waals surface area contributed by atoms with Crippen LogP contribution in [0.4, 0.5) is 0 Å². The Morgan fingerprint density at radius 3 is 0.844 bits per heavy atom. The Morgan fingerprint density at radius 1 is 0.469 bits per heavy atom. The number of rotatable bonds is 20. The fraction of sp³-hybridized carbons (Fsp3) is 0.917. The highest BCUT2D eigenvalue weighted by Crippen LogP contribution is 2.12. The molecule has 0 amide bonds. The lowest BCUT2D eigenvalue weighted by Crippen LogP contribution is -1.93. The van der Waals surface area contributed by atoms with Crippen molar-refractivity contribution < 1.29 is 34.5 Å². The average molecular weight is 483 g/mol. The Balaban J connectivity index is -0.000000450. The molecule has 0 saturated heterocycles. The lowest BCUT2D eigenvalue weighted by atomic mass is 10.1. The van der Waals surface area contributed by atoms with Crippen molar-refractivity contribution in [2.75, 3.05) is 0 Å². The predicted molar refractivity (Wildman–Crippen MR) is 133 cm³/mol. The van der Waals surface area contributed by atoms with Gasteiger partial charge in [0.1, 0.15) is 0 Å². The summed E-state index contributed by atoms with van der Waals surface area (Å²) in [6.45, 7) is 4.46. The molecule has 194 valence electrons. The van der Waals surface area contributed by atoms with E-state index in [4.69, 9.17) is 24.9 Å². The molecule has 0 rings (SSSR count). The van der Waals surface area contributed by atoms with Gasteiger partial charge in [-0.05, 0) is 12.8 Å². The van der Waals surface area contributed by atoms with Crippen molar-refractivity contribution in [2.45, 2.75) is 142 Å². The van der Waals surface area contributed by atoms with Crippen molar-refractivity contribution in [1.29, 1.82) is 0 Å². The third-order valence-corrected chi connectivity index (χ3v) is 4.99. The van der Waals surface area contributed by atoms with Crippen LogP contribution in [-0.2, 0) is 9.59 Å². The van der Waals surface area contributed by atoms with Crippen LogP contribution in [0.2, 0.25) is 0 Å². The summed E-state index contributed by atoms with van der Waals surface area (Å²) in [4.78, 5) is 42.1. The van der Waals surface area contributed by atoms with Crippen LogP contribution in [0, 0.1) is 0 Å². The van der Waals surface area contributed by atoms with Gasteiger partial charge >= 0.3 is 20.5 Å². The molecule has 0 spiro atoms. The third kappa shape index (κ3) is 51.7. The van der Waals surface area contributed by atoms with E-state index in [1.54, 1.807) is 0 Å². The van der Waals surface area contributed by atoms with Gasteiger partial charge in [-0.25, -0.2) is 0 Å². The van der Waals surface area contributed by atoms with Crippen LogP contribution >= 0.6 is 8.60 Å². The number of carbonyl (C=O) groups is 2. The number of carboxylic acid groups (broad SMARTS) is 2. The fourth-order valence-corrected chi connectivity index (χ4v) is 3.17. The Morgan fingerprint density at radius 2 is 0.656 bits per heavy atom. The summed E-state index contributed by atoms with van der Waals surface area (Å²) in [5.41, 5.74) is 0. The van der Waals surface area contributed by atoms with Gasteiger partial charge in [-0.1, -0.05) is 117 Å². The smallest absolute Gasteiger partial charge is 0.324 e. The Labute approximate surface area is 197 Å². The van der Waals surface area contributed by atoms with Gasteiger partial charge in [0.05, 0.1) is 0 Å². The van der Waals surface area contributed by atoms with E-state index in [-0.39, 0.29) is 0 Å². The molecule has 0 saturated carbocycles. The van der Waals surface area contributed by atoms with Crippen molar-refractivity contribution in [3.63, 3.8) is 0 Å². The molecule has 0 atom stereocenters. The van der Waals surface area contributed by atoms with Crippen molar-refractivity contribution >= 4 is 20.5 Å². The molecule has 32 heavy (non-hydrogen) atoms. The average Bonchev–Trinajstić information content (AvgIpc) is 2.71. The van der Waals surface area contributed by atoms with Gasteiger partial charge in [-0.3, -0.25) is 9.59 Å². The Bertz CT molecular complexity index is 345. The standard InChI is InChI=1S/2C12H24O2.H3O3P/c2*1-2-3-4-5-6-7-8-9-10-11-12(13)14;1-4(2)3/h2*2-11H2,1H3,(H,13,14);1-3H. The predicted octanol–water partition coefficient (Wildman–Crippen LogP) is 7.17. The summed E-state index contributed by atoms with van der Waals surface area (Å²) in [5.74, 6) is -1.32. The quantitative estimate of drug-likeness (QED) is 0.0916. The van der Waals surface area contributed by atoms with Crippen LogP contribution in [0.5, 0.6) is 0 Å². The molecule has 0 aromatic heterocycles. The first-order valence-electron chi connectivity index (χ1n) is 12.6. The van der Waals surface area contributed by atoms with E-state index in [1.807, 2.05) is 0 Å². The SMILES string of the molecule is CCCCCCCCCCCC(=O)O.CCCCCCCCCCCC(=O)O.OP(O)O. The van der Waals surface area contributed by atoms with Gasteiger partial charge < -0.3 is 24.9 Å². The maximum atomic E-state index is 10.2. The molecular formula is C24H51O7P. The van der Waals surface area contributed by atoms with Gasteiger partial charge in [-0.15, -0.1) is 0 Å². The largest absolute Gasteiger partial charge is 0.481 e. The fourth-order valence-electron chi connectivity index (χ4n) is 3.17. The van der Waals surface area contributed by atoms with E-state index >= 15 is 0 Å². The molecule has 0 aromatic carbocycles. The zero-order chi connectivity index (χ0) is 24.9. The minimum Gasteiger partial charge on any atom is -0.481 e. The second-order valence-corrected chi connectivity index (χ2v) is 8.75. The molecule has 0 fully saturated rings. The molecule has 5 N–H and O–H groups in total. The van der Waals surface area contributed by atoms with Crippen molar-refractivity contribution in [2.24, 2.45) is 0 Å². The van der Waals surface area contributed by atoms with E-state index in [0.717, 1.165) is 25.7 Å². The topological polar surface area (TPSA) is 135 Å². The second kappa shape index (κ2) is 32.4.